The summed E-state index contributed by atoms with van der Waals surface area (Å²) in [6.07, 6.45) is 1.39. The van der Waals surface area contributed by atoms with E-state index in [1.165, 1.54) is 6.20 Å². The van der Waals surface area contributed by atoms with Gasteiger partial charge in [-0.15, -0.1) is 0 Å². The molecule has 0 amide bonds. The van der Waals surface area contributed by atoms with Gasteiger partial charge in [-0.3, -0.25) is 0 Å². The summed E-state index contributed by atoms with van der Waals surface area (Å²) in [5, 5.41) is 13.4. The third-order valence-electron chi connectivity index (χ3n) is 1.77. The van der Waals surface area contributed by atoms with E-state index in [0.29, 0.717) is 4.60 Å². The summed E-state index contributed by atoms with van der Waals surface area (Å²) in [7, 11) is 0. The quantitative estimate of drug-likeness (QED) is 0.877. The van der Waals surface area contributed by atoms with Gasteiger partial charge in [-0.2, -0.15) is 5.10 Å². The predicted molar refractivity (Wildman–Crippen MR) is 60.6 cm³/mol. The van der Waals surface area contributed by atoms with Gasteiger partial charge < -0.3 is 5.11 Å². The maximum Gasteiger partial charge on any atom is 0.168 e. The van der Waals surface area contributed by atoms with Gasteiger partial charge in [0.2, 0.25) is 0 Å². The molecule has 0 aliphatic heterocycles. The fourth-order valence-corrected chi connectivity index (χ4v) is 1.95. The van der Waals surface area contributed by atoms with Crippen LogP contribution in [-0.2, 0) is 0 Å². The van der Waals surface area contributed by atoms with Gasteiger partial charge in [-0.1, -0.05) is 12.1 Å². The molecule has 0 fully saturated rings. The van der Waals surface area contributed by atoms with Crippen molar-refractivity contribution in [1.82, 2.24) is 9.78 Å². The number of para-hydroxylation sites is 1. The van der Waals surface area contributed by atoms with Crippen molar-refractivity contribution < 1.29 is 5.11 Å². The molecule has 3 nitrogen and oxygen atoms in total. The number of benzene rings is 1. The monoisotopic (exact) mass is 316 g/mol. The van der Waals surface area contributed by atoms with Crippen molar-refractivity contribution in [2.45, 2.75) is 0 Å². The van der Waals surface area contributed by atoms with Crippen LogP contribution in [-0.4, -0.2) is 14.9 Å². The van der Waals surface area contributed by atoms with Crippen LogP contribution in [0.2, 0.25) is 0 Å². The standard InChI is InChI=1S/C9H6Br2N2O/c10-6-3-1-2-4-7(6)13-9(11)8(14)5-12-13/h1-5,14H. The van der Waals surface area contributed by atoms with E-state index in [1.54, 1.807) is 4.68 Å². The number of nitrogens with zero attached hydrogens (tertiary/aromatic N) is 2. The highest BCUT2D eigenvalue weighted by Crippen LogP contribution is 2.28. The molecule has 0 saturated heterocycles. The first-order valence-corrected chi connectivity index (χ1v) is 5.46. The van der Waals surface area contributed by atoms with Crippen LogP contribution < -0.4 is 0 Å². The number of rotatable bonds is 1. The summed E-state index contributed by atoms with van der Waals surface area (Å²) in [5.41, 5.74) is 0.875. The van der Waals surface area contributed by atoms with E-state index >= 15 is 0 Å². The number of aromatic hydroxyl groups is 1. The second kappa shape index (κ2) is 3.74. The molecule has 1 aromatic carbocycles. The molecule has 0 bridgehead atoms. The van der Waals surface area contributed by atoms with Crippen LogP contribution in [0.4, 0.5) is 0 Å². The molecule has 1 aromatic heterocycles. The van der Waals surface area contributed by atoms with Crippen LogP contribution in [0, 0.1) is 0 Å². The first-order valence-electron chi connectivity index (χ1n) is 3.87. The maximum atomic E-state index is 9.35. The molecule has 0 aliphatic rings. The van der Waals surface area contributed by atoms with Crippen molar-refractivity contribution in [2.75, 3.05) is 0 Å². The molecular weight excluding hydrogens is 312 g/mol. The summed E-state index contributed by atoms with van der Waals surface area (Å²) in [6, 6.07) is 7.65. The molecule has 0 saturated carbocycles. The van der Waals surface area contributed by atoms with E-state index in [0.717, 1.165) is 10.2 Å². The van der Waals surface area contributed by atoms with Crippen LogP contribution in [0.1, 0.15) is 0 Å². The van der Waals surface area contributed by atoms with Gasteiger partial charge >= 0.3 is 0 Å². The van der Waals surface area contributed by atoms with E-state index in [4.69, 9.17) is 0 Å². The molecule has 14 heavy (non-hydrogen) atoms. The second-order valence-electron chi connectivity index (χ2n) is 2.68. The third-order valence-corrected chi connectivity index (χ3v) is 3.19. The van der Waals surface area contributed by atoms with Crippen molar-refractivity contribution in [1.29, 1.82) is 0 Å². The fourth-order valence-electron chi connectivity index (χ4n) is 1.12. The summed E-state index contributed by atoms with van der Waals surface area (Å²) >= 11 is 6.66. The normalized spacial score (nSPS) is 10.4. The molecule has 1 heterocycles. The Bertz CT molecular complexity index is 468. The molecule has 2 rings (SSSR count). The number of halogens is 2. The largest absolute Gasteiger partial charge is 0.504 e. The second-order valence-corrected chi connectivity index (χ2v) is 4.29. The van der Waals surface area contributed by atoms with Gasteiger partial charge in [0.25, 0.3) is 0 Å². The minimum Gasteiger partial charge on any atom is -0.504 e. The molecule has 0 atom stereocenters. The van der Waals surface area contributed by atoms with Gasteiger partial charge in [0.15, 0.2) is 10.4 Å². The van der Waals surface area contributed by atoms with Crippen molar-refractivity contribution >= 4 is 31.9 Å². The zero-order valence-electron chi connectivity index (χ0n) is 6.98. The lowest BCUT2D eigenvalue weighted by Gasteiger charge is -2.04. The maximum absolute atomic E-state index is 9.35. The summed E-state index contributed by atoms with van der Waals surface area (Å²) in [4.78, 5) is 0. The minimum absolute atomic E-state index is 0.126. The van der Waals surface area contributed by atoms with Crippen LogP contribution >= 0.6 is 31.9 Å². The molecule has 0 aliphatic carbocycles. The third kappa shape index (κ3) is 1.57. The Kier molecular flexibility index (Phi) is 2.60. The average molecular weight is 318 g/mol. The lowest BCUT2D eigenvalue weighted by atomic mass is 10.3. The fraction of sp³-hybridized carbons (Fsp3) is 0. The zero-order valence-corrected chi connectivity index (χ0v) is 10.2. The van der Waals surface area contributed by atoms with Crippen LogP contribution in [0.25, 0.3) is 5.69 Å². The lowest BCUT2D eigenvalue weighted by molar-refractivity contribution is 0.471. The molecule has 1 N–H and O–H groups in total. The molecule has 0 unspecified atom stereocenters. The Morgan fingerprint density at radius 3 is 2.50 bits per heavy atom. The topological polar surface area (TPSA) is 38.1 Å². The number of hydrogen-bond acceptors (Lipinski definition) is 2. The van der Waals surface area contributed by atoms with Crippen LogP contribution in [0.3, 0.4) is 0 Å². The smallest absolute Gasteiger partial charge is 0.168 e. The average Bonchev–Trinajstić information content (AvgIpc) is 2.49. The van der Waals surface area contributed by atoms with E-state index in [9.17, 15) is 5.11 Å². The molecule has 2 aromatic rings. The Morgan fingerprint density at radius 2 is 1.93 bits per heavy atom. The zero-order chi connectivity index (χ0) is 10.1. The highest BCUT2D eigenvalue weighted by molar-refractivity contribution is 9.11. The summed E-state index contributed by atoms with van der Waals surface area (Å²) in [5.74, 6) is 0.126. The Labute approximate surface area is 97.6 Å². The summed E-state index contributed by atoms with van der Waals surface area (Å²) in [6.45, 7) is 0. The van der Waals surface area contributed by atoms with Gasteiger partial charge in [0.05, 0.1) is 11.9 Å². The Morgan fingerprint density at radius 1 is 1.21 bits per heavy atom. The van der Waals surface area contributed by atoms with E-state index in [1.807, 2.05) is 24.3 Å². The van der Waals surface area contributed by atoms with Crippen molar-refractivity contribution in [3.8, 4) is 11.4 Å². The van der Waals surface area contributed by atoms with E-state index in [-0.39, 0.29) is 5.75 Å². The Hall–Kier alpha value is -0.810. The molecule has 72 valence electrons. The van der Waals surface area contributed by atoms with Crippen molar-refractivity contribution in [2.24, 2.45) is 0 Å². The summed E-state index contributed by atoms with van der Waals surface area (Å²) < 4.78 is 3.08. The van der Waals surface area contributed by atoms with Crippen LogP contribution in [0.15, 0.2) is 39.5 Å². The lowest BCUT2D eigenvalue weighted by Crippen LogP contribution is -1.96. The SMILES string of the molecule is Oc1cnn(-c2ccccc2Br)c1Br. The highest BCUT2D eigenvalue weighted by atomic mass is 79.9. The van der Waals surface area contributed by atoms with Crippen LogP contribution in [0.5, 0.6) is 5.75 Å². The highest BCUT2D eigenvalue weighted by Gasteiger charge is 2.09. The van der Waals surface area contributed by atoms with Gasteiger partial charge in [-0.05, 0) is 44.0 Å². The Balaban J connectivity index is 2.60. The predicted octanol–water partition coefficient (Wildman–Crippen LogP) is 3.10. The first kappa shape index (κ1) is 9.73. The van der Waals surface area contributed by atoms with Gasteiger partial charge in [0.1, 0.15) is 0 Å². The molecule has 0 radical (unpaired) electrons. The van der Waals surface area contributed by atoms with Gasteiger partial charge in [-0.25, -0.2) is 4.68 Å². The molecular formula is C9H6Br2N2O. The van der Waals surface area contributed by atoms with E-state index in [2.05, 4.69) is 37.0 Å². The number of hydrogen-bond donors (Lipinski definition) is 1. The van der Waals surface area contributed by atoms with Gasteiger partial charge in [0, 0.05) is 4.47 Å². The van der Waals surface area contributed by atoms with E-state index < -0.39 is 0 Å². The number of aromatic nitrogens is 2. The first-order chi connectivity index (χ1) is 6.70. The van der Waals surface area contributed by atoms with Crippen molar-refractivity contribution in [3.05, 3.63) is 39.5 Å². The minimum atomic E-state index is 0.126. The molecule has 0 spiro atoms. The molecule has 5 heteroatoms. The van der Waals surface area contributed by atoms with Crippen molar-refractivity contribution in [3.63, 3.8) is 0 Å².